The van der Waals surface area contributed by atoms with Gasteiger partial charge in [-0.25, -0.2) is 0 Å². The highest BCUT2D eigenvalue weighted by molar-refractivity contribution is 5.54. The van der Waals surface area contributed by atoms with Crippen molar-refractivity contribution >= 4 is 5.69 Å². The Kier molecular flexibility index (Phi) is 4.64. The molecule has 0 saturated carbocycles. The predicted octanol–water partition coefficient (Wildman–Crippen LogP) is 3.38. The van der Waals surface area contributed by atoms with E-state index in [1.807, 2.05) is 49.5 Å². The van der Waals surface area contributed by atoms with Gasteiger partial charge in [-0.1, -0.05) is 36.4 Å². The number of methoxy groups -OCH3 is 1. The Morgan fingerprint density at radius 3 is 2.45 bits per heavy atom. The number of nitrogens with zero attached hydrogens (tertiary/aromatic N) is 1. The Labute approximate surface area is 120 Å². The van der Waals surface area contributed by atoms with Crippen LogP contribution in [0.5, 0.6) is 5.75 Å². The highest BCUT2D eigenvalue weighted by Crippen LogP contribution is 2.28. The van der Waals surface area contributed by atoms with Crippen molar-refractivity contribution < 1.29 is 9.84 Å². The van der Waals surface area contributed by atoms with E-state index in [9.17, 15) is 5.11 Å². The third-order valence-electron chi connectivity index (χ3n) is 3.40. The van der Waals surface area contributed by atoms with Crippen LogP contribution in [-0.4, -0.2) is 19.3 Å². The second kappa shape index (κ2) is 6.44. The van der Waals surface area contributed by atoms with Crippen LogP contribution in [0.1, 0.15) is 24.2 Å². The van der Waals surface area contributed by atoms with Crippen LogP contribution in [-0.2, 0) is 6.54 Å². The van der Waals surface area contributed by atoms with E-state index in [2.05, 4.69) is 11.0 Å². The number of para-hydroxylation sites is 2. The van der Waals surface area contributed by atoms with Gasteiger partial charge in [-0.3, -0.25) is 0 Å². The number of benzene rings is 2. The fourth-order valence-corrected chi connectivity index (χ4v) is 2.36. The smallest absolute Gasteiger partial charge is 0.123 e. The Bertz CT molecular complexity index is 566. The molecule has 0 saturated heterocycles. The minimum absolute atomic E-state index is 0.480. The number of ether oxygens (including phenoxy) is 1. The number of aliphatic hydroxyl groups excluding tert-OH is 1. The lowest BCUT2D eigenvalue weighted by Gasteiger charge is -2.24. The second-order valence-corrected chi connectivity index (χ2v) is 4.90. The minimum Gasteiger partial charge on any atom is -0.496 e. The highest BCUT2D eigenvalue weighted by Gasteiger charge is 2.12. The van der Waals surface area contributed by atoms with Crippen LogP contribution in [0, 0.1) is 0 Å². The summed E-state index contributed by atoms with van der Waals surface area (Å²) >= 11 is 0. The maximum atomic E-state index is 9.87. The van der Waals surface area contributed by atoms with Crippen molar-refractivity contribution in [1.29, 1.82) is 0 Å². The van der Waals surface area contributed by atoms with Crippen molar-refractivity contribution in [3.05, 3.63) is 59.7 Å². The van der Waals surface area contributed by atoms with E-state index < -0.39 is 6.10 Å². The van der Waals surface area contributed by atoms with Gasteiger partial charge in [0.1, 0.15) is 5.75 Å². The molecule has 0 amide bonds. The largest absolute Gasteiger partial charge is 0.496 e. The van der Waals surface area contributed by atoms with E-state index in [-0.39, 0.29) is 0 Å². The quantitative estimate of drug-likeness (QED) is 0.905. The van der Waals surface area contributed by atoms with Crippen LogP contribution < -0.4 is 9.64 Å². The van der Waals surface area contributed by atoms with E-state index in [1.54, 1.807) is 14.0 Å². The van der Waals surface area contributed by atoms with Crippen molar-refractivity contribution in [2.24, 2.45) is 0 Å². The van der Waals surface area contributed by atoms with Gasteiger partial charge in [0.25, 0.3) is 0 Å². The number of rotatable bonds is 5. The van der Waals surface area contributed by atoms with Gasteiger partial charge in [-0.15, -0.1) is 0 Å². The molecule has 0 bridgehead atoms. The average Bonchev–Trinajstić information content (AvgIpc) is 2.47. The molecule has 0 aromatic heterocycles. The molecule has 20 heavy (non-hydrogen) atoms. The van der Waals surface area contributed by atoms with Crippen LogP contribution in [0.3, 0.4) is 0 Å². The third kappa shape index (κ3) is 3.11. The predicted molar refractivity (Wildman–Crippen MR) is 82.2 cm³/mol. The van der Waals surface area contributed by atoms with E-state index >= 15 is 0 Å². The maximum Gasteiger partial charge on any atom is 0.123 e. The molecule has 0 spiro atoms. The Balaban J connectivity index is 2.26. The summed E-state index contributed by atoms with van der Waals surface area (Å²) in [5.74, 6) is 0.883. The summed E-state index contributed by atoms with van der Waals surface area (Å²) in [6, 6.07) is 15.9. The van der Waals surface area contributed by atoms with Gasteiger partial charge in [0.2, 0.25) is 0 Å². The zero-order valence-electron chi connectivity index (χ0n) is 12.2. The fourth-order valence-electron chi connectivity index (χ4n) is 2.36. The second-order valence-electron chi connectivity index (χ2n) is 4.90. The zero-order valence-corrected chi connectivity index (χ0v) is 12.2. The van der Waals surface area contributed by atoms with Crippen LogP contribution in [0.2, 0.25) is 0 Å². The van der Waals surface area contributed by atoms with Crippen LogP contribution in [0.25, 0.3) is 0 Å². The maximum absolute atomic E-state index is 9.87. The molecule has 0 aliphatic rings. The summed E-state index contributed by atoms with van der Waals surface area (Å²) in [6.07, 6.45) is -0.480. The van der Waals surface area contributed by atoms with Gasteiger partial charge in [0.05, 0.1) is 13.2 Å². The van der Waals surface area contributed by atoms with Crippen LogP contribution in [0.15, 0.2) is 48.5 Å². The molecule has 106 valence electrons. The Hall–Kier alpha value is -2.00. The lowest BCUT2D eigenvalue weighted by atomic mass is 10.1. The van der Waals surface area contributed by atoms with Gasteiger partial charge in [-0.2, -0.15) is 0 Å². The third-order valence-corrected chi connectivity index (χ3v) is 3.40. The van der Waals surface area contributed by atoms with Crippen molar-refractivity contribution in [3.63, 3.8) is 0 Å². The molecule has 3 heteroatoms. The first-order valence-electron chi connectivity index (χ1n) is 6.73. The van der Waals surface area contributed by atoms with Gasteiger partial charge in [0, 0.05) is 30.4 Å². The number of aliphatic hydroxyl groups is 1. The fraction of sp³-hybridized carbons (Fsp3) is 0.294. The Morgan fingerprint density at radius 2 is 1.75 bits per heavy atom. The van der Waals surface area contributed by atoms with Crippen molar-refractivity contribution in [1.82, 2.24) is 0 Å². The lowest BCUT2D eigenvalue weighted by Crippen LogP contribution is -2.19. The Morgan fingerprint density at radius 1 is 1.10 bits per heavy atom. The summed E-state index contributed by atoms with van der Waals surface area (Å²) in [5.41, 5.74) is 3.09. The molecule has 1 N–H and O–H groups in total. The molecule has 2 rings (SSSR count). The molecule has 3 nitrogen and oxygen atoms in total. The SMILES string of the molecule is COc1ccccc1CN(C)c1ccccc1[C@H](C)O. The van der Waals surface area contributed by atoms with Crippen LogP contribution in [0.4, 0.5) is 5.69 Å². The molecule has 0 aliphatic carbocycles. The van der Waals surface area contributed by atoms with Gasteiger partial charge in [-0.05, 0) is 19.1 Å². The molecule has 0 radical (unpaired) electrons. The first-order valence-corrected chi connectivity index (χ1v) is 6.73. The van der Waals surface area contributed by atoms with Gasteiger partial charge in [0.15, 0.2) is 0 Å². The normalized spacial score (nSPS) is 12.0. The monoisotopic (exact) mass is 271 g/mol. The number of hydrogen-bond acceptors (Lipinski definition) is 3. The van der Waals surface area contributed by atoms with Crippen molar-refractivity contribution in [2.75, 3.05) is 19.1 Å². The molecule has 0 aliphatic heterocycles. The summed E-state index contributed by atoms with van der Waals surface area (Å²) < 4.78 is 5.38. The highest BCUT2D eigenvalue weighted by atomic mass is 16.5. The lowest BCUT2D eigenvalue weighted by molar-refractivity contribution is 0.199. The molecular formula is C17H21NO2. The summed E-state index contributed by atoms with van der Waals surface area (Å²) in [6.45, 7) is 2.52. The summed E-state index contributed by atoms with van der Waals surface area (Å²) in [7, 11) is 3.70. The van der Waals surface area contributed by atoms with Crippen molar-refractivity contribution in [2.45, 2.75) is 19.6 Å². The minimum atomic E-state index is -0.480. The first-order chi connectivity index (χ1) is 9.63. The van der Waals surface area contributed by atoms with E-state index in [0.717, 1.165) is 29.1 Å². The number of hydrogen-bond donors (Lipinski definition) is 1. The number of anilines is 1. The molecule has 2 aromatic carbocycles. The topological polar surface area (TPSA) is 32.7 Å². The van der Waals surface area contributed by atoms with Crippen LogP contribution >= 0.6 is 0 Å². The van der Waals surface area contributed by atoms with E-state index in [1.165, 1.54) is 0 Å². The standard InChI is InChI=1S/C17H21NO2/c1-13(19)15-9-5-6-10-16(15)18(2)12-14-8-4-7-11-17(14)20-3/h4-11,13,19H,12H2,1-3H3/t13-/m0/s1. The zero-order chi connectivity index (χ0) is 14.5. The van der Waals surface area contributed by atoms with E-state index in [0.29, 0.717) is 0 Å². The van der Waals surface area contributed by atoms with Crippen molar-refractivity contribution in [3.8, 4) is 5.75 Å². The summed E-state index contributed by atoms with van der Waals surface area (Å²) in [4.78, 5) is 2.12. The van der Waals surface area contributed by atoms with E-state index in [4.69, 9.17) is 4.74 Å². The van der Waals surface area contributed by atoms with Gasteiger partial charge >= 0.3 is 0 Å². The molecule has 2 aromatic rings. The molecule has 1 atom stereocenters. The average molecular weight is 271 g/mol. The first kappa shape index (κ1) is 14.4. The summed E-state index contributed by atoms with van der Waals surface area (Å²) in [5, 5.41) is 9.87. The van der Waals surface area contributed by atoms with Gasteiger partial charge < -0.3 is 14.7 Å². The molecule has 0 fully saturated rings. The molecule has 0 heterocycles. The molecule has 0 unspecified atom stereocenters. The molecular weight excluding hydrogens is 250 g/mol.